The molecule has 0 aliphatic heterocycles. The molecule has 1 rings (SSSR count). The first-order valence-corrected chi connectivity index (χ1v) is 5.48. The Hall–Kier alpha value is -1.30. The third kappa shape index (κ3) is 4.16. The number of allylic oxidation sites excluding steroid dienone is 3. The Morgan fingerprint density at radius 2 is 1.73 bits per heavy atom. The molecule has 0 saturated heterocycles. The summed E-state index contributed by atoms with van der Waals surface area (Å²) in [5, 5.41) is 0. The van der Waals surface area contributed by atoms with Crippen LogP contribution in [0.1, 0.15) is 38.3 Å². The first kappa shape index (κ1) is 11.8. The van der Waals surface area contributed by atoms with Gasteiger partial charge >= 0.3 is 0 Å². The topological polar surface area (TPSA) is 0 Å². The maximum Gasteiger partial charge on any atom is -0.0233 e. The highest BCUT2D eigenvalue weighted by Gasteiger charge is 1.94. The van der Waals surface area contributed by atoms with Gasteiger partial charge in [-0.15, -0.1) is 0 Å². The van der Waals surface area contributed by atoms with Crippen LogP contribution in [0.2, 0.25) is 0 Å². The lowest BCUT2D eigenvalue weighted by Gasteiger charge is -2.02. The predicted octanol–water partition coefficient (Wildman–Crippen LogP) is 4.62. The van der Waals surface area contributed by atoms with Crippen LogP contribution in [0.3, 0.4) is 0 Å². The summed E-state index contributed by atoms with van der Waals surface area (Å²) in [5.74, 6) is 0. The van der Waals surface area contributed by atoms with Crippen molar-refractivity contribution in [3.05, 3.63) is 53.6 Å². The molecule has 0 radical (unpaired) electrons. The highest BCUT2D eigenvalue weighted by atomic mass is 14.0. The lowest BCUT2D eigenvalue weighted by Crippen LogP contribution is -1.85. The van der Waals surface area contributed by atoms with Crippen LogP contribution in [0, 0.1) is 0 Å². The second-order valence-corrected chi connectivity index (χ2v) is 4.30. The summed E-state index contributed by atoms with van der Waals surface area (Å²) in [6.45, 7) is 10.3. The molecule has 0 atom stereocenters. The molecule has 0 saturated carbocycles. The molecule has 0 fully saturated rings. The zero-order valence-corrected chi connectivity index (χ0v) is 10.0. The van der Waals surface area contributed by atoms with E-state index in [2.05, 4.69) is 50.8 Å². The molecule has 0 heteroatoms. The highest BCUT2D eigenvalue weighted by Crippen LogP contribution is 2.13. The summed E-state index contributed by atoms with van der Waals surface area (Å²) in [7, 11) is 0. The van der Waals surface area contributed by atoms with E-state index in [1.807, 2.05) is 6.92 Å². The molecule has 0 unspecified atom stereocenters. The van der Waals surface area contributed by atoms with Crippen molar-refractivity contribution < 1.29 is 0 Å². The van der Waals surface area contributed by atoms with Gasteiger partial charge in [0.15, 0.2) is 0 Å². The van der Waals surface area contributed by atoms with Gasteiger partial charge in [-0.1, -0.05) is 48.1 Å². The highest BCUT2D eigenvalue weighted by molar-refractivity contribution is 5.61. The number of rotatable bonds is 4. The van der Waals surface area contributed by atoms with Crippen molar-refractivity contribution in [1.82, 2.24) is 0 Å². The SMILES string of the molecule is C=C(C)c1ccc(CCC=C(C)C)cc1. The summed E-state index contributed by atoms with van der Waals surface area (Å²) in [4.78, 5) is 0. The molecule has 0 bridgehead atoms. The van der Waals surface area contributed by atoms with Crippen LogP contribution in [0.15, 0.2) is 42.5 Å². The molecule has 0 amide bonds. The molecule has 1 aromatic carbocycles. The van der Waals surface area contributed by atoms with Crippen molar-refractivity contribution in [3.8, 4) is 0 Å². The Kier molecular flexibility index (Phi) is 4.36. The van der Waals surface area contributed by atoms with Crippen molar-refractivity contribution in [1.29, 1.82) is 0 Å². The fourth-order valence-corrected chi connectivity index (χ4v) is 1.48. The molecule has 0 aliphatic carbocycles. The first-order chi connectivity index (χ1) is 7.09. The molecule has 0 spiro atoms. The molecule has 0 heterocycles. The van der Waals surface area contributed by atoms with Crippen molar-refractivity contribution in [2.75, 3.05) is 0 Å². The largest absolute Gasteiger partial charge is 0.0955 e. The van der Waals surface area contributed by atoms with Gasteiger partial charge in [-0.25, -0.2) is 0 Å². The Morgan fingerprint density at radius 3 is 2.20 bits per heavy atom. The number of hydrogen-bond acceptors (Lipinski definition) is 0. The standard InChI is InChI=1S/C15H20/c1-12(2)6-5-7-14-8-10-15(11-9-14)13(3)4/h6,8-11H,3,5,7H2,1-2,4H3. The van der Waals surface area contributed by atoms with Crippen LogP contribution in [0.5, 0.6) is 0 Å². The van der Waals surface area contributed by atoms with Gasteiger partial charge in [0.05, 0.1) is 0 Å². The van der Waals surface area contributed by atoms with Gasteiger partial charge in [-0.05, 0) is 44.7 Å². The smallest absolute Gasteiger partial charge is 0.0233 e. The van der Waals surface area contributed by atoms with Gasteiger partial charge in [-0.2, -0.15) is 0 Å². The molecule has 0 aromatic heterocycles. The van der Waals surface area contributed by atoms with E-state index in [9.17, 15) is 0 Å². The van der Waals surface area contributed by atoms with Crippen LogP contribution >= 0.6 is 0 Å². The normalized spacial score (nSPS) is 9.80. The first-order valence-electron chi connectivity index (χ1n) is 5.48. The third-order valence-electron chi connectivity index (χ3n) is 2.43. The van der Waals surface area contributed by atoms with Crippen molar-refractivity contribution in [3.63, 3.8) is 0 Å². The van der Waals surface area contributed by atoms with Crippen LogP contribution in [0.4, 0.5) is 0 Å². The zero-order valence-electron chi connectivity index (χ0n) is 10.0. The van der Waals surface area contributed by atoms with Gasteiger partial charge in [0.25, 0.3) is 0 Å². The molecule has 15 heavy (non-hydrogen) atoms. The molecule has 80 valence electrons. The van der Waals surface area contributed by atoms with Crippen molar-refractivity contribution >= 4 is 5.57 Å². The Labute approximate surface area is 93.3 Å². The van der Waals surface area contributed by atoms with E-state index in [4.69, 9.17) is 0 Å². The average Bonchev–Trinajstić information content (AvgIpc) is 2.18. The zero-order chi connectivity index (χ0) is 11.3. The van der Waals surface area contributed by atoms with E-state index in [0.717, 1.165) is 18.4 Å². The minimum atomic E-state index is 1.13. The van der Waals surface area contributed by atoms with Gasteiger partial charge in [0.1, 0.15) is 0 Å². The van der Waals surface area contributed by atoms with E-state index in [-0.39, 0.29) is 0 Å². The number of hydrogen-bond donors (Lipinski definition) is 0. The summed E-state index contributed by atoms with van der Waals surface area (Å²) in [6.07, 6.45) is 4.54. The monoisotopic (exact) mass is 200 g/mol. The summed E-state index contributed by atoms with van der Waals surface area (Å²) in [5.41, 5.74) is 5.16. The van der Waals surface area contributed by atoms with Gasteiger partial charge in [0, 0.05) is 0 Å². The van der Waals surface area contributed by atoms with Crippen LogP contribution < -0.4 is 0 Å². The molecule has 1 aromatic rings. The van der Waals surface area contributed by atoms with E-state index < -0.39 is 0 Å². The van der Waals surface area contributed by atoms with E-state index >= 15 is 0 Å². The minimum absolute atomic E-state index is 1.13. The summed E-state index contributed by atoms with van der Waals surface area (Å²) in [6, 6.07) is 8.70. The second-order valence-electron chi connectivity index (χ2n) is 4.30. The van der Waals surface area contributed by atoms with Crippen LogP contribution in [-0.4, -0.2) is 0 Å². The second kappa shape index (κ2) is 5.55. The van der Waals surface area contributed by atoms with Gasteiger partial charge < -0.3 is 0 Å². The summed E-state index contributed by atoms with van der Waals surface area (Å²) < 4.78 is 0. The van der Waals surface area contributed by atoms with E-state index in [1.165, 1.54) is 16.7 Å². The third-order valence-corrected chi connectivity index (χ3v) is 2.43. The van der Waals surface area contributed by atoms with Crippen molar-refractivity contribution in [2.24, 2.45) is 0 Å². The maximum absolute atomic E-state index is 3.93. The van der Waals surface area contributed by atoms with Gasteiger partial charge in [0.2, 0.25) is 0 Å². The molecular formula is C15H20. The van der Waals surface area contributed by atoms with Crippen LogP contribution in [0.25, 0.3) is 5.57 Å². The minimum Gasteiger partial charge on any atom is -0.0955 e. The lowest BCUT2D eigenvalue weighted by molar-refractivity contribution is 0.988. The average molecular weight is 200 g/mol. The molecular weight excluding hydrogens is 180 g/mol. The molecule has 0 nitrogen and oxygen atoms in total. The predicted molar refractivity (Wildman–Crippen MR) is 68.9 cm³/mol. The molecule has 0 aliphatic rings. The Balaban J connectivity index is 2.57. The number of benzene rings is 1. The summed E-state index contributed by atoms with van der Waals surface area (Å²) >= 11 is 0. The maximum atomic E-state index is 3.93. The van der Waals surface area contributed by atoms with Gasteiger partial charge in [-0.3, -0.25) is 0 Å². The Bertz CT molecular complexity index is 348. The van der Waals surface area contributed by atoms with E-state index in [0.29, 0.717) is 0 Å². The van der Waals surface area contributed by atoms with E-state index in [1.54, 1.807) is 0 Å². The van der Waals surface area contributed by atoms with Crippen LogP contribution in [-0.2, 0) is 6.42 Å². The quantitative estimate of drug-likeness (QED) is 0.622. The lowest BCUT2D eigenvalue weighted by atomic mass is 10.0. The molecule has 0 N–H and O–H groups in total. The number of aryl methyl sites for hydroxylation is 1. The Morgan fingerprint density at radius 1 is 1.13 bits per heavy atom. The van der Waals surface area contributed by atoms with Crippen molar-refractivity contribution in [2.45, 2.75) is 33.6 Å². The fourth-order valence-electron chi connectivity index (χ4n) is 1.48. The fraction of sp³-hybridized carbons (Fsp3) is 0.333.